The lowest BCUT2D eigenvalue weighted by Gasteiger charge is -2.12. The van der Waals surface area contributed by atoms with E-state index in [-0.39, 0.29) is 37.9 Å². The molecular formula is C20H16F3NO4S2. The van der Waals surface area contributed by atoms with E-state index in [2.05, 4.69) is 4.98 Å². The molecule has 1 aromatic heterocycles. The summed E-state index contributed by atoms with van der Waals surface area (Å²) >= 11 is 1.06. The van der Waals surface area contributed by atoms with Crippen molar-refractivity contribution in [3.05, 3.63) is 65.7 Å². The van der Waals surface area contributed by atoms with Crippen LogP contribution in [0.1, 0.15) is 11.1 Å². The third kappa shape index (κ3) is 5.31. The lowest BCUT2D eigenvalue weighted by atomic mass is 10.1. The molecule has 0 aliphatic heterocycles. The van der Waals surface area contributed by atoms with E-state index in [1.54, 1.807) is 18.2 Å². The van der Waals surface area contributed by atoms with E-state index in [1.165, 1.54) is 24.3 Å². The molecule has 0 unspecified atom stereocenters. The molecule has 5 nitrogen and oxygen atoms in total. The van der Waals surface area contributed by atoms with Crippen molar-refractivity contribution in [3.63, 3.8) is 0 Å². The number of rotatable bonds is 7. The molecule has 0 fully saturated rings. The van der Waals surface area contributed by atoms with Crippen molar-refractivity contribution < 1.29 is 31.5 Å². The number of thioether (sulfide) groups is 1. The van der Waals surface area contributed by atoms with Gasteiger partial charge in [0.15, 0.2) is 9.84 Å². The van der Waals surface area contributed by atoms with Gasteiger partial charge in [-0.1, -0.05) is 18.2 Å². The highest BCUT2D eigenvalue weighted by Crippen LogP contribution is 2.33. The SMILES string of the molecule is O=C(O)Cc1cc2cc(C(F)(F)F)ccc2nc1SCCS(=O)(=O)c1ccccc1. The van der Waals surface area contributed by atoms with Crippen molar-refractivity contribution in [1.82, 2.24) is 4.98 Å². The topological polar surface area (TPSA) is 84.3 Å². The Hall–Kier alpha value is -2.59. The average molecular weight is 455 g/mol. The third-order valence-electron chi connectivity index (χ3n) is 4.22. The highest BCUT2D eigenvalue weighted by molar-refractivity contribution is 8.00. The van der Waals surface area contributed by atoms with Gasteiger partial charge < -0.3 is 5.11 Å². The summed E-state index contributed by atoms with van der Waals surface area (Å²) in [5, 5.41) is 9.59. The van der Waals surface area contributed by atoms with Crippen LogP contribution in [0.15, 0.2) is 64.5 Å². The number of hydrogen-bond donors (Lipinski definition) is 1. The van der Waals surface area contributed by atoms with Crippen LogP contribution in [-0.4, -0.2) is 36.0 Å². The van der Waals surface area contributed by atoms with Crippen molar-refractivity contribution in [2.75, 3.05) is 11.5 Å². The first kappa shape index (κ1) is 22.1. The van der Waals surface area contributed by atoms with Crippen LogP contribution >= 0.6 is 11.8 Å². The van der Waals surface area contributed by atoms with E-state index in [0.29, 0.717) is 0 Å². The van der Waals surface area contributed by atoms with Crippen molar-refractivity contribution >= 4 is 38.5 Å². The van der Waals surface area contributed by atoms with Crippen LogP contribution in [-0.2, 0) is 27.2 Å². The minimum absolute atomic E-state index is 0.114. The molecule has 0 saturated heterocycles. The maximum absolute atomic E-state index is 12.9. The number of aliphatic carboxylic acids is 1. The number of carboxylic acids is 1. The average Bonchev–Trinajstić information content (AvgIpc) is 2.67. The molecule has 3 aromatic rings. The lowest BCUT2D eigenvalue weighted by molar-refractivity contribution is -0.138. The van der Waals surface area contributed by atoms with Gasteiger partial charge in [-0.3, -0.25) is 4.79 Å². The molecule has 0 saturated carbocycles. The molecule has 0 atom stereocenters. The van der Waals surface area contributed by atoms with Crippen molar-refractivity contribution in [2.45, 2.75) is 22.5 Å². The van der Waals surface area contributed by atoms with E-state index >= 15 is 0 Å². The highest BCUT2D eigenvalue weighted by Gasteiger charge is 2.30. The fourth-order valence-corrected chi connectivity index (χ4v) is 5.48. The monoisotopic (exact) mass is 455 g/mol. The number of fused-ring (bicyclic) bond motifs is 1. The van der Waals surface area contributed by atoms with E-state index in [1.807, 2.05) is 0 Å². The van der Waals surface area contributed by atoms with E-state index in [4.69, 9.17) is 5.11 Å². The zero-order chi connectivity index (χ0) is 21.9. The maximum Gasteiger partial charge on any atom is 0.416 e. The van der Waals surface area contributed by atoms with Crippen LogP contribution in [0.2, 0.25) is 0 Å². The molecule has 30 heavy (non-hydrogen) atoms. The minimum Gasteiger partial charge on any atom is -0.481 e. The summed E-state index contributed by atoms with van der Waals surface area (Å²) in [7, 11) is -3.52. The molecule has 2 aromatic carbocycles. The zero-order valence-electron chi connectivity index (χ0n) is 15.4. The molecular weight excluding hydrogens is 439 g/mol. The Balaban J connectivity index is 1.87. The van der Waals surface area contributed by atoms with Crippen LogP contribution < -0.4 is 0 Å². The molecule has 1 N–H and O–H groups in total. The third-order valence-corrected chi connectivity index (χ3v) is 7.24. The fourth-order valence-electron chi connectivity index (χ4n) is 2.79. The Morgan fingerprint density at radius 3 is 2.40 bits per heavy atom. The second kappa shape index (κ2) is 8.65. The Bertz CT molecular complexity index is 1180. The molecule has 10 heteroatoms. The lowest BCUT2D eigenvalue weighted by Crippen LogP contribution is -2.10. The van der Waals surface area contributed by atoms with Crippen molar-refractivity contribution in [3.8, 4) is 0 Å². The summed E-state index contributed by atoms with van der Waals surface area (Å²) in [6, 6.07) is 12.3. The summed E-state index contributed by atoms with van der Waals surface area (Å²) in [6.07, 6.45) is -4.96. The Labute approximate surface area is 174 Å². The molecule has 3 rings (SSSR count). The van der Waals surface area contributed by atoms with Crippen LogP contribution in [0, 0.1) is 0 Å². The fraction of sp³-hybridized carbons (Fsp3) is 0.200. The number of carbonyl (C=O) groups is 1. The van der Waals surface area contributed by atoms with Crippen LogP contribution in [0.25, 0.3) is 10.9 Å². The number of alkyl halides is 3. The van der Waals surface area contributed by atoms with Crippen molar-refractivity contribution in [2.24, 2.45) is 0 Å². The predicted octanol–water partition coefficient (Wildman–Crippen LogP) is 4.45. The van der Waals surface area contributed by atoms with Gasteiger partial charge in [0.05, 0.1) is 28.1 Å². The molecule has 1 heterocycles. The number of carboxylic acid groups (broad SMARTS) is 1. The number of aromatic nitrogens is 1. The summed E-state index contributed by atoms with van der Waals surface area (Å²) in [5.41, 5.74) is -0.352. The van der Waals surface area contributed by atoms with Gasteiger partial charge in [-0.05, 0) is 42.0 Å². The van der Waals surface area contributed by atoms with Gasteiger partial charge in [-0.2, -0.15) is 13.2 Å². The Kier molecular flexibility index (Phi) is 6.37. The predicted molar refractivity (Wildman–Crippen MR) is 107 cm³/mol. The highest BCUT2D eigenvalue weighted by atomic mass is 32.2. The molecule has 0 aliphatic carbocycles. The van der Waals surface area contributed by atoms with Crippen LogP contribution in [0.3, 0.4) is 0 Å². The first-order valence-electron chi connectivity index (χ1n) is 8.69. The number of hydrogen-bond acceptors (Lipinski definition) is 5. The summed E-state index contributed by atoms with van der Waals surface area (Å²) < 4.78 is 63.6. The summed E-state index contributed by atoms with van der Waals surface area (Å²) in [6.45, 7) is 0. The van der Waals surface area contributed by atoms with Gasteiger partial charge in [-0.15, -0.1) is 11.8 Å². The smallest absolute Gasteiger partial charge is 0.416 e. The first-order chi connectivity index (χ1) is 14.1. The second-order valence-electron chi connectivity index (χ2n) is 6.41. The van der Waals surface area contributed by atoms with Crippen molar-refractivity contribution in [1.29, 1.82) is 0 Å². The van der Waals surface area contributed by atoms with Gasteiger partial charge in [0.25, 0.3) is 0 Å². The first-order valence-corrected chi connectivity index (χ1v) is 11.3. The molecule has 0 spiro atoms. The Morgan fingerprint density at radius 1 is 1.07 bits per heavy atom. The zero-order valence-corrected chi connectivity index (χ0v) is 17.0. The van der Waals surface area contributed by atoms with Gasteiger partial charge >= 0.3 is 12.1 Å². The number of pyridine rings is 1. The number of halogens is 3. The molecule has 158 valence electrons. The molecule has 0 radical (unpaired) electrons. The maximum atomic E-state index is 12.9. The standard InChI is InChI=1S/C20H16F3NO4S2/c21-20(22,23)15-6-7-17-13(11-15)10-14(12-18(25)26)19(24-17)29-8-9-30(27,28)16-4-2-1-3-5-16/h1-7,10-11H,8-9,12H2,(H,25,26). The summed E-state index contributed by atoms with van der Waals surface area (Å²) in [4.78, 5) is 15.7. The number of sulfone groups is 1. The second-order valence-corrected chi connectivity index (χ2v) is 9.60. The largest absolute Gasteiger partial charge is 0.481 e. The minimum atomic E-state index is -4.53. The summed E-state index contributed by atoms with van der Waals surface area (Å²) in [5.74, 6) is -1.24. The molecule has 0 aliphatic rings. The van der Waals surface area contributed by atoms with Crippen LogP contribution in [0.4, 0.5) is 13.2 Å². The normalized spacial score (nSPS) is 12.2. The Morgan fingerprint density at radius 2 is 1.77 bits per heavy atom. The van der Waals surface area contributed by atoms with Gasteiger partial charge in [0.1, 0.15) is 5.03 Å². The van der Waals surface area contributed by atoms with Crippen LogP contribution in [0.5, 0.6) is 0 Å². The van der Waals surface area contributed by atoms with E-state index in [0.717, 1.165) is 23.9 Å². The number of nitrogens with zero attached hydrogens (tertiary/aromatic N) is 1. The van der Waals surface area contributed by atoms with E-state index < -0.39 is 34.0 Å². The molecule has 0 bridgehead atoms. The quantitative estimate of drug-likeness (QED) is 0.530. The van der Waals surface area contributed by atoms with E-state index in [9.17, 15) is 26.4 Å². The van der Waals surface area contributed by atoms with Gasteiger partial charge in [0.2, 0.25) is 0 Å². The number of benzene rings is 2. The molecule has 0 amide bonds. The van der Waals surface area contributed by atoms with Gasteiger partial charge in [0, 0.05) is 11.1 Å². The van der Waals surface area contributed by atoms with Gasteiger partial charge in [-0.25, -0.2) is 13.4 Å².